The van der Waals surface area contributed by atoms with Crippen molar-refractivity contribution in [2.45, 2.75) is 55.6 Å². The molecule has 120 valence electrons. The molecule has 2 fully saturated rings. The lowest BCUT2D eigenvalue weighted by molar-refractivity contribution is 0.0930. The van der Waals surface area contributed by atoms with Crippen LogP contribution in [0.4, 0.5) is 0 Å². The summed E-state index contributed by atoms with van der Waals surface area (Å²) in [6.07, 6.45) is 8.77. The summed E-state index contributed by atoms with van der Waals surface area (Å²) in [5.74, 6) is 2.57. The normalized spacial score (nSPS) is 21.3. The van der Waals surface area contributed by atoms with Crippen LogP contribution in [0.2, 0.25) is 0 Å². The number of benzene rings is 1. The van der Waals surface area contributed by atoms with Gasteiger partial charge in [-0.2, -0.15) is 0 Å². The molecule has 3 rings (SSSR count). The number of nitrogens with one attached hydrogen (secondary N) is 1. The molecule has 1 N–H and O–H groups in total. The van der Waals surface area contributed by atoms with Crippen LogP contribution in [0.15, 0.2) is 24.3 Å². The summed E-state index contributed by atoms with van der Waals surface area (Å²) in [4.78, 5) is 12.4. The standard InChI is InChI=1S/C18H25NOS2/c20-17(19-16-6-4-2-1-3-5-7-16)14-8-10-15(11-9-14)18-21-12-13-22-18/h8-11,16,18H,1-7,12-13H2,(H,19,20). The van der Waals surface area contributed by atoms with Gasteiger partial charge in [-0.05, 0) is 30.5 Å². The first-order chi connectivity index (χ1) is 10.8. The lowest BCUT2D eigenvalue weighted by atomic mass is 9.96. The minimum atomic E-state index is 0.101. The topological polar surface area (TPSA) is 29.1 Å². The molecule has 2 nitrogen and oxygen atoms in total. The minimum absolute atomic E-state index is 0.101. The molecule has 0 bridgehead atoms. The van der Waals surface area contributed by atoms with E-state index < -0.39 is 0 Å². The van der Waals surface area contributed by atoms with Crippen LogP contribution in [0, 0.1) is 0 Å². The van der Waals surface area contributed by atoms with Crippen molar-refractivity contribution in [2.24, 2.45) is 0 Å². The van der Waals surface area contributed by atoms with E-state index in [0.717, 1.165) is 18.4 Å². The molecular formula is C18H25NOS2. The van der Waals surface area contributed by atoms with E-state index in [0.29, 0.717) is 10.6 Å². The summed E-state index contributed by atoms with van der Waals surface area (Å²) >= 11 is 4.01. The Morgan fingerprint density at radius 2 is 1.50 bits per heavy atom. The van der Waals surface area contributed by atoms with Crippen molar-refractivity contribution in [2.75, 3.05) is 11.5 Å². The van der Waals surface area contributed by atoms with Crippen molar-refractivity contribution in [3.05, 3.63) is 35.4 Å². The Kier molecular flexibility index (Phi) is 6.13. The Balaban J connectivity index is 1.56. The van der Waals surface area contributed by atoms with Gasteiger partial charge in [0.05, 0.1) is 4.58 Å². The second kappa shape index (κ2) is 8.30. The third-order valence-corrected chi connectivity index (χ3v) is 7.61. The maximum absolute atomic E-state index is 12.4. The highest BCUT2D eigenvalue weighted by Crippen LogP contribution is 2.45. The van der Waals surface area contributed by atoms with Gasteiger partial charge in [0, 0.05) is 23.1 Å². The van der Waals surface area contributed by atoms with Crippen molar-refractivity contribution in [1.82, 2.24) is 5.32 Å². The zero-order chi connectivity index (χ0) is 15.2. The van der Waals surface area contributed by atoms with Gasteiger partial charge in [-0.15, -0.1) is 23.5 Å². The molecule has 1 aliphatic heterocycles. The molecule has 22 heavy (non-hydrogen) atoms. The summed E-state index contributed by atoms with van der Waals surface area (Å²) in [6, 6.07) is 8.61. The fourth-order valence-corrected chi connectivity index (χ4v) is 6.07. The van der Waals surface area contributed by atoms with Gasteiger partial charge < -0.3 is 5.32 Å². The Bertz CT molecular complexity index is 474. The maximum Gasteiger partial charge on any atom is 0.251 e. The molecule has 1 saturated carbocycles. The molecule has 1 saturated heterocycles. The lowest BCUT2D eigenvalue weighted by Gasteiger charge is -2.21. The van der Waals surface area contributed by atoms with Gasteiger partial charge in [0.2, 0.25) is 0 Å². The molecule has 0 unspecified atom stereocenters. The number of rotatable bonds is 3. The summed E-state index contributed by atoms with van der Waals surface area (Å²) in [7, 11) is 0. The van der Waals surface area contributed by atoms with Crippen molar-refractivity contribution in [1.29, 1.82) is 0 Å². The van der Waals surface area contributed by atoms with Crippen LogP contribution >= 0.6 is 23.5 Å². The van der Waals surface area contributed by atoms with Gasteiger partial charge in [0.25, 0.3) is 5.91 Å². The number of hydrogen-bond donors (Lipinski definition) is 1. The predicted octanol–water partition coefficient (Wildman–Crippen LogP) is 5.01. The van der Waals surface area contributed by atoms with Crippen LogP contribution in [0.5, 0.6) is 0 Å². The SMILES string of the molecule is O=C(NC1CCCCCCC1)c1ccc(C2SCCS2)cc1. The van der Waals surface area contributed by atoms with Gasteiger partial charge in [-0.3, -0.25) is 4.79 Å². The average molecular weight is 336 g/mol. The van der Waals surface area contributed by atoms with Gasteiger partial charge in [0.1, 0.15) is 0 Å². The van der Waals surface area contributed by atoms with E-state index >= 15 is 0 Å². The molecule has 1 aliphatic carbocycles. The van der Waals surface area contributed by atoms with Crippen LogP contribution in [0.1, 0.15) is 65.4 Å². The Morgan fingerprint density at radius 3 is 2.14 bits per heavy atom. The van der Waals surface area contributed by atoms with Crippen molar-refractivity contribution >= 4 is 29.4 Å². The second-order valence-corrected chi connectivity index (χ2v) is 8.94. The fourth-order valence-electron chi connectivity index (χ4n) is 3.21. The average Bonchev–Trinajstić information content (AvgIpc) is 3.04. The second-order valence-electron chi connectivity index (χ2n) is 6.21. The molecule has 1 heterocycles. The first kappa shape index (κ1) is 16.3. The first-order valence-corrected chi connectivity index (χ1v) is 10.6. The summed E-state index contributed by atoms with van der Waals surface area (Å²) in [6.45, 7) is 0. The number of thioether (sulfide) groups is 2. The summed E-state index contributed by atoms with van der Waals surface area (Å²) in [5, 5.41) is 3.24. The Morgan fingerprint density at radius 1 is 0.909 bits per heavy atom. The van der Waals surface area contributed by atoms with Gasteiger partial charge >= 0.3 is 0 Å². The van der Waals surface area contributed by atoms with Crippen LogP contribution < -0.4 is 5.32 Å². The number of amides is 1. The van der Waals surface area contributed by atoms with E-state index in [9.17, 15) is 4.79 Å². The molecule has 2 aliphatic rings. The number of hydrogen-bond acceptors (Lipinski definition) is 3. The molecule has 0 atom stereocenters. The van der Waals surface area contributed by atoms with E-state index in [4.69, 9.17) is 0 Å². The highest BCUT2D eigenvalue weighted by atomic mass is 32.2. The Hall–Kier alpha value is -0.610. The zero-order valence-corrected chi connectivity index (χ0v) is 14.7. The molecule has 1 aromatic carbocycles. The summed E-state index contributed by atoms with van der Waals surface area (Å²) < 4.78 is 0.558. The largest absolute Gasteiger partial charge is 0.349 e. The van der Waals surface area contributed by atoms with E-state index in [1.54, 1.807) is 0 Å². The van der Waals surface area contributed by atoms with Gasteiger partial charge in [0.15, 0.2) is 0 Å². The van der Waals surface area contributed by atoms with Crippen LogP contribution in [0.25, 0.3) is 0 Å². The van der Waals surface area contributed by atoms with Gasteiger partial charge in [-0.25, -0.2) is 0 Å². The molecule has 4 heteroatoms. The molecule has 0 aromatic heterocycles. The molecule has 0 spiro atoms. The van der Waals surface area contributed by atoms with E-state index in [1.165, 1.54) is 49.2 Å². The molecule has 0 radical (unpaired) electrons. The first-order valence-electron chi connectivity index (χ1n) is 8.47. The maximum atomic E-state index is 12.4. The number of carbonyl (C=O) groups is 1. The quantitative estimate of drug-likeness (QED) is 0.842. The Labute approximate surface area is 142 Å². The van der Waals surface area contributed by atoms with Crippen molar-refractivity contribution < 1.29 is 4.79 Å². The molecular weight excluding hydrogens is 310 g/mol. The van der Waals surface area contributed by atoms with Crippen LogP contribution in [-0.2, 0) is 0 Å². The number of carbonyl (C=O) groups excluding carboxylic acids is 1. The predicted molar refractivity (Wildman–Crippen MR) is 97.7 cm³/mol. The highest BCUT2D eigenvalue weighted by molar-refractivity contribution is 8.19. The molecule has 1 amide bonds. The molecule has 1 aromatic rings. The van der Waals surface area contributed by atoms with E-state index in [-0.39, 0.29) is 5.91 Å². The van der Waals surface area contributed by atoms with Crippen LogP contribution in [-0.4, -0.2) is 23.5 Å². The van der Waals surface area contributed by atoms with Crippen LogP contribution in [0.3, 0.4) is 0 Å². The lowest BCUT2D eigenvalue weighted by Crippen LogP contribution is -2.35. The zero-order valence-electron chi connectivity index (χ0n) is 13.1. The van der Waals surface area contributed by atoms with Gasteiger partial charge in [-0.1, -0.05) is 44.2 Å². The summed E-state index contributed by atoms with van der Waals surface area (Å²) in [5.41, 5.74) is 2.15. The van der Waals surface area contributed by atoms with Crippen molar-refractivity contribution in [3.63, 3.8) is 0 Å². The minimum Gasteiger partial charge on any atom is -0.349 e. The fraction of sp³-hybridized carbons (Fsp3) is 0.611. The third-order valence-electron chi connectivity index (χ3n) is 4.51. The van der Waals surface area contributed by atoms with Crippen molar-refractivity contribution in [3.8, 4) is 0 Å². The third kappa shape index (κ3) is 4.45. The van der Waals surface area contributed by atoms with E-state index in [1.807, 2.05) is 35.7 Å². The van der Waals surface area contributed by atoms with E-state index in [2.05, 4.69) is 17.4 Å². The monoisotopic (exact) mass is 335 g/mol. The highest BCUT2D eigenvalue weighted by Gasteiger charge is 2.19. The smallest absolute Gasteiger partial charge is 0.251 e.